The van der Waals surface area contributed by atoms with E-state index >= 15 is 0 Å². The summed E-state index contributed by atoms with van der Waals surface area (Å²) in [5, 5.41) is 1.15. The zero-order valence-corrected chi connectivity index (χ0v) is 12.2. The standard InChI is InChI=1S/C12H21N3S2/c1-15(6-3-7-16-2)12-14-11(9-4-5-9)10(8-13)17-12/h9H,3-8,13H2,1-2H3. The Hall–Kier alpha value is -0.260. The molecule has 1 aliphatic carbocycles. The van der Waals surface area contributed by atoms with Gasteiger partial charge in [0.15, 0.2) is 5.13 Å². The van der Waals surface area contributed by atoms with Crippen molar-refractivity contribution in [3.8, 4) is 0 Å². The van der Waals surface area contributed by atoms with E-state index in [0.717, 1.165) is 11.7 Å². The minimum atomic E-state index is 0.641. The first-order chi connectivity index (χ1) is 8.26. The van der Waals surface area contributed by atoms with Gasteiger partial charge in [-0.1, -0.05) is 0 Å². The minimum Gasteiger partial charge on any atom is -0.351 e. The Morgan fingerprint density at radius 2 is 2.29 bits per heavy atom. The molecule has 1 aromatic rings. The van der Waals surface area contributed by atoms with Gasteiger partial charge in [-0.2, -0.15) is 11.8 Å². The topological polar surface area (TPSA) is 42.2 Å². The molecular weight excluding hydrogens is 250 g/mol. The molecule has 3 nitrogen and oxygen atoms in total. The number of anilines is 1. The highest BCUT2D eigenvalue weighted by Crippen LogP contribution is 2.43. The minimum absolute atomic E-state index is 0.641. The number of hydrogen-bond acceptors (Lipinski definition) is 5. The van der Waals surface area contributed by atoms with Gasteiger partial charge in [-0.05, 0) is 31.3 Å². The van der Waals surface area contributed by atoms with E-state index in [1.54, 1.807) is 11.3 Å². The van der Waals surface area contributed by atoms with Crippen LogP contribution < -0.4 is 10.6 Å². The molecular formula is C12H21N3S2. The fourth-order valence-electron chi connectivity index (χ4n) is 1.88. The average molecular weight is 271 g/mol. The summed E-state index contributed by atoms with van der Waals surface area (Å²) in [6, 6.07) is 0. The van der Waals surface area contributed by atoms with E-state index in [1.807, 2.05) is 11.8 Å². The van der Waals surface area contributed by atoms with Crippen LogP contribution in [0.2, 0.25) is 0 Å². The van der Waals surface area contributed by atoms with Gasteiger partial charge in [0, 0.05) is 30.9 Å². The third-order valence-electron chi connectivity index (χ3n) is 3.03. The van der Waals surface area contributed by atoms with Crippen LogP contribution in [0.5, 0.6) is 0 Å². The van der Waals surface area contributed by atoms with E-state index in [9.17, 15) is 0 Å². The normalized spacial score (nSPS) is 15.2. The number of thioether (sulfide) groups is 1. The molecule has 5 heteroatoms. The van der Waals surface area contributed by atoms with Crippen LogP contribution in [0.15, 0.2) is 0 Å². The lowest BCUT2D eigenvalue weighted by atomic mass is 10.2. The Morgan fingerprint density at radius 3 is 2.88 bits per heavy atom. The van der Waals surface area contributed by atoms with Gasteiger partial charge < -0.3 is 10.6 Å². The van der Waals surface area contributed by atoms with Crippen LogP contribution in [0.25, 0.3) is 0 Å². The third-order valence-corrected chi connectivity index (χ3v) is 4.94. The summed E-state index contributed by atoms with van der Waals surface area (Å²) >= 11 is 3.68. The quantitative estimate of drug-likeness (QED) is 0.774. The first kappa shape index (κ1) is 13.2. The highest BCUT2D eigenvalue weighted by molar-refractivity contribution is 7.98. The highest BCUT2D eigenvalue weighted by atomic mass is 32.2. The van der Waals surface area contributed by atoms with E-state index in [-0.39, 0.29) is 0 Å². The van der Waals surface area contributed by atoms with Crippen molar-refractivity contribution >= 4 is 28.2 Å². The summed E-state index contributed by atoms with van der Waals surface area (Å²) in [4.78, 5) is 8.34. The molecule has 1 aliphatic rings. The van der Waals surface area contributed by atoms with Crippen molar-refractivity contribution in [3.05, 3.63) is 10.6 Å². The smallest absolute Gasteiger partial charge is 0.185 e. The number of aromatic nitrogens is 1. The van der Waals surface area contributed by atoms with E-state index in [2.05, 4.69) is 18.2 Å². The maximum Gasteiger partial charge on any atom is 0.185 e. The number of rotatable bonds is 7. The van der Waals surface area contributed by atoms with Crippen molar-refractivity contribution in [3.63, 3.8) is 0 Å². The maximum absolute atomic E-state index is 5.80. The van der Waals surface area contributed by atoms with E-state index in [4.69, 9.17) is 10.7 Å². The van der Waals surface area contributed by atoms with E-state index in [0.29, 0.717) is 12.5 Å². The molecule has 2 N–H and O–H groups in total. The van der Waals surface area contributed by atoms with Gasteiger partial charge in [0.05, 0.1) is 5.69 Å². The Morgan fingerprint density at radius 1 is 1.53 bits per heavy atom. The Kier molecular flexibility index (Phi) is 4.70. The lowest BCUT2D eigenvalue weighted by Gasteiger charge is -2.14. The molecule has 0 saturated heterocycles. The summed E-state index contributed by atoms with van der Waals surface area (Å²) in [5.74, 6) is 1.92. The van der Waals surface area contributed by atoms with Crippen molar-refractivity contribution in [2.45, 2.75) is 31.7 Å². The summed E-state index contributed by atoms with van der Waals surface area (Å²) in [7, 11) is 2.14. The van der Waals surface area contributed by atoms with E-state index < -0.39 is 0 Å². The largest absolute Gasteiger partial charge is 0.351 e. The van der Waals surface area contributed by atoms with Crippen LogP contribution in [-0.2, 0) is 6.54 Å². The van der Waals surface area contributed by atoms with Crippen LogP contribution >= 0.6 is 23.1 Å². The Labute approximate surface area is 112 Å². The number of nitrogens with two attached hydrogens (primary N) is 1. The van der Waals surface area contributed by atoms with Crippen LogP contribution in [0, 0.1) is 0 Å². The number of thiazole rings is 1. The van der Waals surface area contributed by atoms with Crippen LogP contribution in [0.4, 0.5) is 5.13 Å². The molecule has 1 fully saturated rings. The molecule has 0 aliphatic heterocycles. The Balaban J connectivity index is 1.99. The van der Waals surface area contributed by atoms with Gasteiger partial charge in [0.25, 0.3) is 0 Å². The molecule has 0 amide bonds. The molecule has 2 rings (SSSR count). The molecule has 17 heavy (non-hydrogen) atoms. The predicted molar refractivity (Wildman–Crippen MR) is 78.2 cm³/mol. The summed E-state index contributed by atoms with van der Waals surface area (Å²) in [6.07, 6.45) is 5.97. The van der Waals surface area contributed by atoms with Gasteiger partial charge in [-0.25, -0.2) is 4.98 Å². The molecule has 0 aromatic carbocycles. The van der Waals surface area contributed by atoms with Gasteiger partial charge in [-0.3, -0.25) is 0 Å². The van der Waals surface area contributed by atoms with Crippen molar-refractivity contribution in [2.75, 3.05) is 30.5 Å². The lowest BCUT2D eigenvalue weighted by Crippen LogP contribution is -2.18. The van der Waals surface area contributed by atoms with Gasteiger partial charge in [0.1, 0.15) is 0 Å². The second-order valence-electron chi connectivity index (χ2n) is 4.55. The summed E-state index contributed by atoms with van der Waals surface area (Å²) in [6.45, 7) is 1.73. The highest BCUT2D eigenvalue weighted by Gasteiger charge is 2.29. The van der Waals surface area contributed by atoms with Crippen molar-refractivity contribution < 1.29 is 0 Å². The first-order valence-electron chi connectivity index (χ1n) is 6.16. The summed E-state index contributed by atoms with van der Waals surface area (Å²) < 4.78 is 0. The molecule has 96 valence electrons. The molecule has 0 spiro atoms. The number of hydrogen-bond donors (Lipinski definition) is 1. The van der Waals surface area contributed by atoms with Gasteiger partial charge >= 0.3 is 0 Å². The van der Waals surface area contributed by atoms with Crippen molar-refractivity contribution in [1.82, 2.24) is 4.98 Å². The van der Waals surface area contributed by atoms with Gasteiger partial charge in [-0.15, -0.1) is 11.3 Å². The van der Waals surface area contributed by atoms with Crippen molar-refractivity contribution in [1.29, 1.82) is 0 Å². The molecule has 0 unspecified atom stereocenters. The van der Waals surface area contributed by atoms with Crippen LogP contribution in [0.1, 0.15) is 35.8 Å². The maximum atomic E-state index is 5.80. The molecule has 1 heterocycles. The second-order valence-corrected chi connectivity index (χ2v) is 6.60. The second kappa shape index (κ2) is 6.07. The Bertz CT molecular complexity index is 361. The molecule has 1 saturated carbocycles. The zero-order valence-electron chi connectivity index (χ0n) is 10.6. The van der Waals surface area contributed by atoms with Crippen LogP contribution in [-0.4, -0.2) is 30.6 Å². The molecule has 1 aromatic heterocycles. The first-order valence-corrected chi connectivity index (χ1v) is 8.37. The molecule has 0 radical (unpaired) electrons. The fraction of sp³-hybridized carbons (Fsp3) is 0.750. The fourth-order valence-corrected chi connectivity index (χ4v) is 3.31. The predicted octanol–water partition coefficient (Wildman–Crippen LogP) is 2.67. The zero-order chi connectivity index (χ0) is 12.3. The van der Waals surface area contributed by atoms with E-state index in [1.165, 1.54) is 35.6 Å². The van der Waals surface area contributed by atoms with Crippen molar-refractivity contribution in [2.24, 2.45) is 5.73 Å². The van der Waals surface area contributed by atoms with Crippen LogP contribution in [0.3, 0.4) is 0 Å². The average Bonchev–Trinajstić information content (AvgIpc) is 3.08. The summed E-state index contributed by atoms with van der Waals surface area (Å²) in [5.41, 5.74) is 7.08. The van der Waals surface area contributed by atoms with Gasteiger partial charge in [0.2, 0.25) is 0 Å². The lowest BCUT2D eigenvalue weighted by molar-refractivity contribution is 0.849. The molecule has 0 atom stereocenters. The SMILES string of the molecule is CSCCCN(C)c1nc(C2CC2)c(CN)s1. The third kappa shape index (κ3) is 3.36. The number of nitrogens with zero attached hydrogens (tertiary/aromatic N) is 2. The monoisotopic (exact) mass is 271 g/mol. The molecule has 0 bridgehead atoms.